The first-order valence-corrected chi connectivity index (χ1v) is 8.89. The third kappa shape index (κ3) is 5.50. The topological polar surface area (TPSA) is 90.4 Å². The molecule has 0 saturated carbocycles. The van der Waals surface area contributed by atoms with E-state index in [0.717, 1.165) is 0 Å². The molecule has 0 aliphatic heterocycles. The Morgan fingerprint density at radius 2 is 1.96 bits per heavy atom. The van der Waals surface area contributed by atoms with E-state index in [2.05, 4.69) is 20.3 Å². The van der Waals surface area contributed by atoms with Crippen molar-refractivity contribution in [3.8, 4) is 5.75 Å². The van der Waals surface area contributed by atoms with Crippen molar-refractivity contribution in [1.29, 1.82) is 0 Å². The standard InChI is InChI=1S/C15H17N3O4S2/c1-9(2)22-11-6-4-10(5-7-11)13(20)16-14-17-18-15(24-14)23-8-12(19)21-3/h4-7,9H,8H2,1-3H3,(H,16,17,20). The van der Waals surface area contributed by atoms with Crippen LogP contribution in [0.1, 0.15) is 24.2 Å². The molecule has 0 bridgehead atoms. The number of nitrogens with zero attached hydrogens (tertiary/aromatic N) is 2. The number of aromatic nitrogens is 2. The van der Waals surface area contributed by atoms with E-state index < -0.39 is 0 Å². The Labute approximate surface area is 147 Å². The van der Waals surface area contributed by atoms with Gasteiger partial charge < -0.3 is 9.47 Å². The summed E-state index contributed by atoms with van der Waals surface area (Å²) in [6, 6.07) is 6.85. The van der Waals surface area contributed by atoms with Gasteiger partial charge in [-0.15, -0.1) is 10.2 Å². The Morgan fingerprint density at radius 1 is 1.25 bits per heavy atom. The minimum absolute atomic E-state index is 0.0759. The summed E-state index contributed by atoms with van der Waals surface area (Å²) >= 11 is 2.40. The lowest BCUT2D eigenvalue weighted by molar-refractivity contribution is -0.137. The number of benzene rings is 1. The monoisotopic (exact) mass is 367 g/mol. The lowest BCUT2D eigenvalue weighted by Gasteiger charge is -2.09. The van der Waals surface area contributed by atoms with E-state index in [1.54, 1.807) is 24.3 Å². The minimum atomic E-state index is -0.343. The molecule has 2 rings (SSSR count). The molecule has 1 N–H and O–H groups in total. The van der Waals surface area contributed by atoms with Crippen LogP contribution in [0.5, 0.6) is 5.75 Å². The third-order valence-corrected chi connectivity index (χ3v) is 4.60. The zero-order valence-electron chi connectivity index (χ0n) is 13.4. The highest BCUT2D eigenvalue weighted by molar-refractivity contribution is 8.01. The molecule has 0 spiro atoms. The average molecular weight is 367 g/mol. The van der Waals surface area contributed by atoms with Gasteiger partial charge in [-0.3, -0.25) is 14.9 Å². The normalized spacial score (nSPS) is 10.5. The number of amides is 1. The maximum Gasteiger partial charge on any atom is 0.316 e. The van der Waals surface area contributed by atoms with Crippen LogP contribution in [-0.2, 0) is 9.53 Å². The van der Waals surface area contributed by atoms with E-state index in [1.807, 2.05) is 13.8 Å². The Balaban J connectivity index is 1.92. The van der Waals surface area contributed by atoms with Crippen molar-refractivity contribution in [2.75, 3.05) is 18.2 Å². The van der Waals surface area contributed by atoms with Crippen molar-refractivity contribution in [1.82, 2.24) is 10.2 Å². The number of carbonyl (C=O) groups excluding carboxylic acids is 2. The summed E-state index contributed by atoms with van der Waals surface area (Å²) in [5, 5.41) is 10.8. The molecule has 0 radical (unpaired) electrons. The number of hydrogen-bond acceptors (Lipinski definition) is 8. The van der Waals surface area contributed by atoms with Gasteiger partial charge in [-0.1, -0.05) is 23.1 Å². The van der Waals surface area contributed by atoms with Crippen LogP contribution in [0.25, 0.3) is 0 Å². The number of ether oxygens (including phenoxy) is 2. The van der Waals surface area contributed by atoms with Gasteiger partial charge in [0, 0.05) is 5.56 Å². The first-order chi connectivity index (χ1) is 11.5. The summed E-state index contributed by atoms with van der Waals surface area (Å²) < 4.78 is 10.7. The summed E-state index contributed by atoms with van der Waals surface area (Å²) in [6.07, 6.45) is 0.0759. The largest absolute Gasteiger partial charge is 0.491 e. The molecule has 24 heavy (non-hydrogen) atoms. The molecule has 0 unspecified atom stereocenters. The first-order valence-electron chi connectivity index (χ1n) is 7.09. The van der Waals surface area contributed by atoms with Crippen molar-refractivity contribution < 1.29 is 19.1 Å². The van der Waals surface area contributed by atoms with Gasteiger partial charge in [-0.2, -0.15) is 0 Å². The van der Waals surface area contributed by atoms with Crippen molar-refractivity contribution in [2.45, 2.75) is 24.3 Å². The fourth-order valence-electron chi connectivity index (χ4n) is 1.62. The van der Waals surface area contributed by atoms with E-state index in [1.165, 1.54) is 30.2 Å². The number of thioether (sulfide) groups is 1. The lowest BCUT2D eigenvalue weighted by atomic mass is 10.2. The van der Waals surface area contributed by atoms with Crippen LogP contribution < -0.4 is 10.1 Å². The summed E-state index contributed by atoms with van der Waals surface area (Å²) in [5.41, 5.74) is 0.491. The summed E-state index contributed by atoms with van der Waals surface area (Å²) in [4.78, 5) is 23.3. The number of nitrogens with one attached hydrogen (secondary N) is 1. The molecular formula is C15H17N3O4S2. The van der Waals surface area contributed by atoms with E-state index >= 15 is 0 Å². The maximum absolute atomic E-state index is 12.2. The van der Waals surface area contributed by atoms with E-state index in [9.17, 15) is 9.59 Å². The van der Waals surface area contributed by atoms with E-state index in [0.29, 0.717) is 20.8 Å². The smallest absolute Gasteiger partial charge is 0.316 e. The summed E-state index contributed by atoms with van der Waals surface area (Å²) in [6.45, 7) is 3.87. The van der Waals surface area contributed by atoms with Crippen LogP contribution in [0.2, 0.25) is 0 Å². The molecule has 1 aromatic carbocycles. The van der Waals surface area contributed by atoms with Crippen LogP contribution in [0.3, 0.4) is 0 Å². The molecule has 7 nitrogen and oxygen atoms in total. The number of anilines is 1. The van der Waals surface area contributed by atoms with Crippen LogP contribution in [0.4, 0.5) is 5.13 Å². The van der Waals surface area contributed by atoms with Gasteiger partial charge in [0.2, 0.25) is 5.13 Å². The number of hydrogen-bond donors (Lipinski definition) is 1. The first kappa shape index (κ1) is 18.2. The fourth-order valence-corrected chi connectivity index (χ4v) is 3.20. The Hall–Kier alpha value is -2.13. The Morgan fingerprint density at radius 3 is 2.58 bits per heavy atom. The highest BCUT2D eigenvalue weighted by Crippen LogP contribution is 2.26. The molecule has 1 aromatic heterocycles. The van der Waals surface area contributed by atoms with Crippen molar-refractivity contribution >= 4 is 40.1 Å². The van der Waals surface area contributed by atoms with Crippen LogP contribution in [0, 0.1) is 0 Å². The number of carbonyl (C=O) groups is 2. The molecule has 0 saturated heterocycles. The van der Waals surface area contributed by atoms with Crippen LogP contribution in [-0.4, -0.2) is 41.0 Å². The second-order valence-electron chi connectivity index (χ2n) is 4.88. The second-order valence-corrected chi connectivity index (χ2v) is 7.08. The SMILES string of the molecule is COC(=O)CSc1nnc(NC(=O)c2ccc(OC(C)C)cc2)s1. The van der Waals surface area contributed by atoms with Gasteiger partial charge in [0.1, 0.15) is 5.75 Å². The minimum Gasteiger partial charge on any atom is -0.491 e. The lowest BCUT2D eigenvalue weighted by Crippen LogP contribution is -2.12. The zero-order chi connectivity index (χ0) is 17.5. The van der Waals surface area contributed by atoms with Gasteiger partial charge in [-0.25, -0.2) is 0 Å². The van der Waals surface area contributed by atoms with E-state index in [-0.39, 0.29) is 23.7 Å². The highest BCUT2D eigenvalue weighted by atomic mass is 32.2. The molecule has 0 fully saturated rings. The Bertz CT molecular complexity index is 701. The van der Waals surface area contributed by atoms with Gasteiger partial charge >= 0.3 is 5.97 Å². The maximum atomic E-state index is 12.2. The quantitative estimate of drug-likeness (QED) is 0.457. The third-order valence-electron chi connectivity index (χ3n) is 2.66. The molecule has 0 aliphatic carbocycles. The fraction of sp³-hybridized carbons (Fsp3) is 0.333. The average Bonchev–Trinajstić information content (AvgIpc) is 3.00. The molecule has 1 amide bonds. The van der Waals surface area contributed by atoms with Crippen LogP contribution >= 0.6 is 23.1 Å². The van der Waals surface area contributed by atoms with Gasteiger partial charge in [0.15, 0.2) is 4.34 Å². The van der Waals surface area contributed by atoms with Gasteiger partial charge in [0.25, 0.3) is 5.91 Å². The molecule has 0 aliphatic rings. The van der Waals surface area contributed by atoms with Crippen molar-refractivity contribution in [2.24, 2.45) is 0 Å². The molecule has 128 valence electrons. The second kappa shape index (κ2) is 8.65. The Kier molecular flexibility index (Phi) is 6.56. The molecule has 2 aromatic rings. The van der Waals surface area contributed by atoms with Crippen molar-refractivity contribution in [3.05, 3.63) is 29.8 Å². The number of rotatable bonds is 7. The molecule has 1 heterocycles. The molecular weight excluding hydrogens is 350 g/mol. The van der Waals surface area contributed by atoms with Gasteiger partial charge in [-0.05, 0) is 38.1 Å². The summed E-state index contributed by atoms with van der Waals surface area (Å²) in [7, 11) is 1.33. The van der Waals surface area contributed by atoms with E-state index in [4.69, 9.17) is 4.74 Å². The predicted octanol–water partition coefficient (Wildman–Crippen LogP) is 2.84. The number of esters is 1. The number of methoxy groups -OCH3 is 1. The van der Waals surface area contributed by atoms with Crippen LogP contribution in [0.15, 0.2) is 28.6 Å². The predicted molar refractivity (Wildman–Crippen MR) is 92.8 cm³/mol. The van der Waals surface area contributed by atoms with Gasteiger partial charge in [0.05, 0.1) is 19.0 Å². The zero-order valence-corrected chi connectivity index (χ0v) is 15.1. The molecule has 9 heteroatoms. The molecule has 0 atom stereocenters. The summed E-state index contributed by atoms with van der Waals surface area (Å²) in [5.74, 6) is 0.228. The van der Waals surface area contributed by atoms with Crippen molar-refractivity contribution in [3.63, 3.8) is 0 Å². The highest BCUT2D eigenvalue weighted by Gasteiger charge is 2.12.